The minimum Gasteiger partial charge on any atom is -0.409 e. The summed E-state index contributed by atoms with van der Waals surface area (Å²) in [5.74, 6) is -0.0186. The zero-order valence-electron chi connectivity index (χ0n) is 11.2. The molecule has 0 aliphatic carbocycles. The van der Waals surface area contributed by atoms with Gasteiger partial charge in [0.2, 0.25) is 0 Å². The Kier molecular flexibility index (Phi) is 4.89. The summed E-state index contributed by atoms with van der Waals surface area (Å²) in [4.78, 5) is 4.01. The van der Waals surface area contributed by atoms with Crippen LogP contribution in [-0.4, -0.2) is 46.5 Å². The van der Waals surface area contributed by atoms with Crippen molar-refractivity contribution in [2.75, 3.05) is 19.8 Å². The third kappa shape index (κ3) is 3.89. The first-order valence-electron chi connectivity index (χ1n) is 6.57. The second-order valence-corrected chi connectivity index (χ2v) is 4.97. The molecular weight excluding hydrogens is 260 g/mol. The first kappa shape index (κ1) is 14.7. The maximum absolute atomic E-state index is 10.3. The largest absolute Gasteiger partial charge is 0.409 e. The number of pyridine rings is 1. The number of hydrogen-bond donors (Lipinski definition) is 4. The maximum Gasteiger partial charge on any atom is 0.188 e. The Morgan fingerprint density at radius 2 is 2.25 bits per heavy atom. The van der Waals surface area contributed by atoms with Gasteiger partial charge in [0.1, 0.15) is 5.69 Å². The molecule has 110 valence electrons. The molecule has 1 aromatic heterocycles. The van der Waals surface area contributed by atoms with Crippen molar-refractivity contribution in [2.24, 2.45) is 10.9 Å². The van der Waals surface area contributed by atoms with Crippen molar-refractivity contribution in [3.63, 3.8) is 0 Å². The maximum atomic E-state index is 10.3. The first-order valence-corrected chi connectivity index (χ1v) is 6.57. The van der Waals surface area contributed by atoms with E-state index in [1.807, 2.05) is 6.07 Å². The van der Waals surface area contributed by atoms with Crippen molar-refractivity contribution >= 4 is 5.84 Å². The number of ether oxygens (including phenoxy) is 1. The van der Waals surface area contributed by atoms with Gasteiger partial charge in [-0.3, -0.25) is 4.98 Å². The minimum atomic E-state index is -0.695. The third-order valence-electron chi connectivity index (χ3n) is 3.40. The van der Waals surface area contributed by atoms with Crippen LogP contribution in [0.15, 0.2) is 23.5 Å². The summed E-state index contributed by atoms with van der Waals surface area (Å²) in [6, 6.07) is 3.59. The molecule has 0 amide bonds. The van der Waals surface area contributed by atoms with E-state index in [0.29, 0.717) is 44.8 Å². The number of oxime groups is 1. The molecule has 0 radical (unpaired) electrons. The van der Waals surface area contributed by atoms with Crippen LogP contribution in [0, 0.1) is 0 Å². The predicted octanol–water partition coefficient (Wildman–Crippen LogP) is -0.193. The summed E-state index contributed by atoms with van der Waals surface area (Å²) in [6.45, 7) is 2.29. The van der Waals surface area contributed by atoms with Crippen LogP contribution in [0.25, 0.3) is 0 Å². The van der Waals surface area contributed by atoms with Gasteiger partial charge in [-0.05, 0) is 17.7 Å². The number of nitrogens with zero attached hydrogens (tertiary/aromatic N) is 2. The number of aliphatic hydroxyl groups is 1. The lowest BCUT2D eigenvalue weighted by Crippen LogP contribution is -2.44. The molecule has 2 heterocycles. The van der Waals surface area contributed by atoms with Crippen LogP contribution in [0.3, 0.4) is 0 Å². The van der Waals surface area contributed by atoms with E-state index in [9.17, 15) is 5.11 Å². The van der Waals surface area contributed by atoms with Gasteiger partial charge < -0.3 is 26.1 Å². The van der Waals surface area contributed by atoms with E-state index in [1.54, 1.807) is 12.3 Å². The Labute approximate surface area is 117 Å². The van der Waals surface area contributed by atoms with Gasteiger partial charge in [0.15, 0.2) is 5.84 Å². The van der Waals surface area contributed by atoms with Crippen molar-refractivity contribution in [1.29, 1.82) is 0 Å². The van der Waals surface area contributed by atoms with E-state index in [4.69, 9.17) is 15.7 Å². The topological polar surface area (TPSA) is 113 Å². The predicted molar refractivity (Wildman–Crippen MR) is 73.5 cm³/mol. The zero-order valence-corrected chi connectivity index (χ0v) is 11.2. The molecule has 1 aromatic rings. The molecule has 0 bridgehead atoms. The fraction of sp³-hybridized carbons (Fsp3) is 0.538. The molecule has 0 saturated carbocycles. The van der Waals surface area contributed by atoms with Crippen molar-refractivity contribution in [1.82, 2.24) is 10.3 Å². The Bertz CT molecular complexity index is 472. The van der Waals surface area contributed by atoms with Crippen LogP contribution >= 0.6 is 0 Å². The van der Waals surface area contributed by atoms with Crippen molar-refractivity contribution in [2.45, 2.75) is 25.0 Å². The van der Waals surface area contributed by atoms with Gasteiger partial charge in [0.25, 0.3) is 0 Å². The molecule has 2 rings (SSSR count). The van der Waals surface area contributed by atoms with E-state index in [-0.39, 0.29) is 5.84 Å². The lowest BCUT2D eigenvalue weighted by molar-refractivity contribution is -0.0617. The van der Waals surface area contributed by atoms with Crippen LogP contribution in [0.1, 0.15) is 24.1 Å². The lowest BCUT2D eigenvalue weighted by Gasteiger charge is -2.32. The highest BCUT2D eigenvalue weighted by Crippen LogP contribution is 2.19. The second kappa shape index (κ2) is 6.65. The molecule has 20 heavy (non-hydrogen) atoms. The van der Waals surface area contributed by atoms with Gasteiger partial charge in [-0.15, -0.1) is 0 Å². The Hall–Kier alpha value is -1.70. The highest BCUT2D eigenvalue weighted by atomic mass is 16.5. The summed E-state index contributed by atoms with van der Waals surface area (Å²) in [5.41, 5.74) is 6.18. The fourth-order valence-electron chi connectivity index (χ4n) is 2.14. The summed E-state index contributed by atoms with van der Waals surface area (Å²) in [6.07, 6.45) is 2.89. The molecule has 1 aliphatic heterocycles. The molecule has 7 nitrogen and oxygen atoms in total. The molecule has 7 heteroatoms. The highest BCUT2D eigenvalue weighted by molar-refractivity contribution is 5.95. The monoisotopic (exact) mass is 280 g/mol. The molecule has 1 aliphatic rings. The van der Waals surface area contributed by atoms with Crippen molar-refractivity contribution < 1.29 is 15.1 Å². The van der Waals surface area contributed by atoms with Crippen LogP contribution in [0.5, 0.6) is 0 Å². The van der Waals surface area contributed by atoms with Gasteiger partial charge in [0.05, 0.1) is 5.60 Å². The van der Waals surface area contributed by atoms with Crippen LogP contribution in [-0.2, 0) is 11.3 Å². The van der Waals surface area contributed by atoms with Gasteiger partial charge in [-0.2, -0.15) is 0 Å². The minimum absolute atomic E-state index is 0.0186. The average molecular weight is 280 g/mol. The molecular formula is C13H20N4O3. The smallest absolute Gasteiger partial charge is 0.188 e. The van der Waals surface area contributed by atoms with E-state index >= 15 is 0 Å². The number of aromatic nitrogens is 1. The summed E-state index contributed by atoms with van der Waals surface area (Å²) in [5, 5.41) is 25.1. The van der Waals surface area contributed by atoms with Gasteiger partial charge in [-0.25, -0.2) is 0 Å². The molecule has 1 fully saturated rings. The number of rotatable bonds is 5. The van der Waals surface area contributed by atoms with Crippen LogP contribution < -0.4 is 11.1 Å². The average Bonchev–Trinajstić information content (AvgIpc) is 2.47. The molecule has 0 spiro atoms. The summed E-state index contributed by atoms with van der Waals surface area (Å²) in [7, 11) is 0. The normalized spacial score (nSPS) is 18.9. The first-order chi connectivity index (χ1) is 9.63. The van der Waals surface area contributed by atoms with E-state index in [0.717, 1.165) is 5.56 Å². The number of amidine groups is 1. The molecule has 5 N–H and O–H groups in total. The standard InChI is InChI=1S/C13H20N4O3/c14-12(17-19)11-7-10(1-4-16-11)8-15-9-13(18)2-5-20-6-3-13/h1,4,7,15,18-19H,2-3,5-6,8-9H2,(H2,14,17). The second-order valence-electron chi connectivity index (χ2n) is 4.97. The number of nitrogens with two attached hydrogens (primary N) is 1. The molecule has 1 saturated heterocycles. The van der Waals surface area contributed by atoms with E-state index in [1.165, 1.54) is 0 Å². The molecule has 0 aromatic carbocycles. The highest BCUT2D eigenvalue weighted by Gasteiger charge is 2.29. The SMILES string of the molecule is N/C(=N/O)c1cc(CNCC2(O)CCOCC2)ccn1. The number of nitrogens with one attached hydrogen (secondary N) is 1. The Morgan fingerprint density at radius 1 is 1.50 bits per heavy atom. The summed E-state index contributed by atoms with van der Waals surface area (Å²) >= 11 is 0. The van der Waals surface area contributed by atoms with Gasteiger partial charge in [0, 0.05) is 45.3 Å². The third-order valence-corrected chi connectivity index (χ3v) is 3.40. The van der Waals surface area contributed by atoms with Crippen molar-refractivity contribution in [3.8, 4) is 0 Å². The Morgan fingerprint density at radius 3 is 2.95 bits per heavy atom. The molecule has 0 unspecified atom stereocenters. The van der Waals surface area contributed by atoms with Gasteiger partial charge in [-0.1, -0.05) is 5.16 Å². The fourth-order valence-corrected chi connectivity index (χ4v) is 2.14. The quantitative estimate of drug-likeness (QED) is 0.257. The number of hydrogen-bond acceptors (Lipinski definition) is 6. The van der Waals surface area contributed by atoms with Gasteiger partial charge >= 0.3 is 0 Å². The lowest BCUT2D eigenvalue weighted by atomic mass is 9.94. The van der Waals surface area contributed by atoms with Crippen molar-refractivity contribution in [3.05, 3.63) is 29.6 Å². The molecule has 0 atom stereocenters. The van der Waals surface area contributed by atoms with E-state index in [2.05, 4.69) is 15.5 Å². The Balaban J connectivity index is 1.88. The van der Waals surface area contributed by atoms with Crippen LogP contribution in [0.2, 0.25) is 0 Å². The summed E-state index contributed by atoms with van der Waals surface area (Å²) < 4.78 is 5.24. The van der Waals surface area contributed by atoms with Crippen LogP contribution in [0.4, 0.5) is 0 Å². The van der Waals surface area contributed by atoms with E-state index < -0.39 is 5.60 Å². The zero-order chi connectivity index (χ0) is 14.4.